The Kier molecular flexibility index (Phi) is 5.35. The molecule has 1 unspecified atom stereocenters. The second kappa shape index (κ2) is 6.55. The molecule has 0 aliphatic rings. The molecule has 0 N–H and O–H groups in total. The lowest BCUT2D eigenvalue weighted by Crippen LogP contribution is -2.09. The van der Waals surface area contributed by atoms with E-state index in [0.29, 0.717) is 6.61 Å². The van der Waals surface area contributed by atoms with E-state index in [0.717, 1.165) is 16.7 Å². The third kappa shape index (κ3) is 3.84. The molecule has 3 nitrogen and oxygen atoms in total. The number of Topliss-reactive ketones (excluding diaryl/α,β-unsaturated/α-hetero) is 1. The molecule has 0 amide bonds. The van der Waals surface area contributed by atoms with Crippen LogP contribution in [0.1, 0.15) is 35.9 Å². The summed E-state index contributed by atoms with van der Waals surface area (Å²) in [4.78, 5) is 22.6. The van der Waals surface area contributed by atoms with Gasteiger partial charge in [-0.2, -0.15) is 0 Å². The zero-order chi connectivity index (χ0) is 13.7. The van der Waals surface area contributed by atoms with Crippen molar-refractivity contribution in [2.45, 2.75) is 32.6 Å². The number of aryl methyl sites for hydroxylation is 1. The first-order valence-electron chi connectivity index (χ1n) is 5.85. The molecule has 0 aromatic heterocycles. The Balaban J connectivity index is 2.85. The summed E-state index contributed by atoms with van der Waals surface area (Å²) in [5.41, 5.74) is 2.56. The van der Waals surface area contributed by atoms with Crippen molar-refractivity contribution in [2.24, 2.45) is 0 Å². The van der Waals surface area contributed by atoms with Gasteiger partial charge in [0.25, 0.3) is 0 Å². The molecule has 0 fully saturated rings. The minimum atomic E-state index is -0.623. The minimum Gasteiger partial charge on any atom is -0.466 e. The summed E-state index contributed by atoms with van der Waals surface area (Å²) >= 11 is 6.01. The van der Waals surface area contributed by atoms with Gasteiger partial charge in [0.15, 0.2) is 5.78 Å². The van der Waals surface area contributed by atoms with Crippen LogP contribution >= 0.6 is 11.6 Å². The summed E-state index contributed by atoms with van der Waals surface area (Å²) in [6, 6.07) is 5.46. The third-order valence-corrected chi connectivity index (χ3v) is 3.16. The lowest BCUT2D eigenvalue weighted by atomic mass is 9.99. The molecule has 1 rings (SSSR count). The summed E-state index contributed by atoms with van der Waals surface area (Å²) in [5.74, 6) is -0.337. The molecular weight excluding hydrogens is 252 g/mol. The average Bonchev–Trinajstić information content (AvgIpc) is 2.28. The highest BCUT2D eigenvalue weighted by Crippen LogP contribution is 2.25. The second-order valence-corrected chi connectivity index (χ2v) is 4.58. The first kappa shape index (κ1) is 14.7. The van der Waals surface area contributed by atoms with Gasteiger partial charge in [0.2, 0.25) is 0 Å². The van der Waals surface area contributed by atoms with Crippen molar-refractivity contribution in [1.82, 2.24) is 0 Å². The molecule has 98 valence electrons. The fourth-order valence-electron chi connectivity index (χ4n) is 1.73. The Bertz CT molecular complexity index is 454. The van der Waals surface area contributed by atoms with Gasteiger partial charge in [-0.25, -0.2) is 0 Å². The molecule has 0 aliphatic heterocycles. The molecule has 4 heteroatoms. The number of hydrogen-bond donors (Lipinski definition) is 0. The Morgan fingerprint density at radius 2 is 2.06 bits per heavy atom. The number of ketones is 1. The maximum Gasteiger partial charge on any atom is 0.310 e. The number of benzene rings is 1. The maximum atomic E-state index is 11.3. The second-order valence-electron chi connectivity index (χ2n) is 4.15. The van der Waals surface area contributed by atoms with Crippen LogP contribution in [0.4, 0.5) is 0 Å². The summed E-state index contributed by atoms with van der Waals surface area (Å²) in [6.07, 6.45) is 0.238. The van der Waals surface area contributed by atoms with Crippen LogP contribution in [0.25, 0.3) is 0 Å². The number of alkyl halides is 1. The highest BCUT2D eigenvalue weighted by Gasteiger charge is 2.16. The molecule has 0 saturated carbocycles. The van der Waals surface area contributed by atoms with Crippen molar-refractivity contribution >= 4 is 23.4 Å². The normalized spacial score (nSPS) is 12.0. The molecule has 0 saturated heterocycles. The van der Waals surface area contributed by atoms with Crippen molar-refractivity contribution in [3.8, 4) is 0 Å². The number of halogens is 1. The van der Waals surface area contributed by atoms with Crippen molar-refractivity contribution in [2.75, 3.05) is 6.61 Å². The van der Waals surface area contributed by atoms with Crippen molar-refractivity contribution in [1.29, 1.82) is 0 Å². The zero-order valence-electron chi connectivity index (χ0n) is 10.8. The van der Waals surface area contributed by atoms with Crippen LogP contribution in [-0.4, -0.2) is 18.4 Å². The molecule has 0 heterocycles. The topological polar surface area (TPSA) is 43.4 Å². The SMILES string of the molecule is CCOC(=O)Cc1ccc(C(Cl)C(C)=O)c(C)c1. The number of esters is 1. The van der Waals surface area contributed by atoms with Gasteiger partial charge in [-0.1, -0.05) is 18.2 Å². The lowest BCUT2D eigenvalue weighted by molar-refractivity contribution is -0.142. The summed E-state index contributed by atoms with van der Waals surface area (Å²) < 4.78 is 4.88. The van der Waals surface area contributed by atoms with E-state index in [1.54, 1.807) is 19.1 Å². The van der Waals surface area contributed by atoms with Gasteiger partial charge in [-0.05, 0) is 37.5 Å². The van der Waals surface area contributed by atoms with Crippen LogP contribution in [0.2, 0.25) is 0 Å². The number of carbonyl (C=O) groups is 2. The molecule has 1 atom stereocenters. The number of carbonyl (C=O) groups excluding carboxylic acids is 2. The van der Waals surface area contributed by atoms with Gasteiger partial charge in [-0.3, -0.25) is 9.59 Å². The Morgan fingerprint density at radius 3 is 2.56 bits per heavy atom. The minimum absolute atomic E-state index is 0.0853. The van der Waals surface area contributed by atoms with E-state index in [9.17, 15) is 9.59 Å². The number of hydrogen-bond acceptors (Lipinski definition) is 3. The predicted molar refractivity (Wildman–Crippen MR) is 70.8 cm³/mol. The lowest BCUT2D eigenvalue weighted by Gasteiger charge is -2.11. The first-order chi connectivity index (χ1) is 8.45. The van der Waals surface area contributed by atoms with E-state index < -0.39 is 5.38 Å². The monoisotopic (exact) mass is 268 g/mol. The largest absolute Gasteiger partial charge is 0.466 e. The van der Waals surface area contributed by atoms with E-state index in [2.05, 4.69) is 0 Å². The Hall–Kier alpha value is -1.35. The fraction of sp³-hybridized carbons (Fsp3) is 0.429. The van der Waals surface area contributed by atoms with Gasteiger partial charge in [-0.15, -0.1) is 11.6 Å². The highest BCUT2D eigenvalue weighted by molar-refractivity contribution is 6.30. The van der Waals surface area contributed by atoms with Crippen LogP contribution in [0.3, 0.4) is 0 Å². The summed E-state index contributed by atoms with van der Waals surface area (Å²) in [7, 11) is 0. The number of ether oxygens (including phenoxy) is 1. The Labute approximate surface area is 112 Å². The third-order valence-electron chi connectivity index (χ3n) is 2.62. The van der Waals surface area contributed by atoms with Gasteiger partial charge >= 0.3 is 5.97 Å². The molecular formula is C14H17ClO3. The zero-order valence-corrected chi connectivity index (χ0v) is 11.6. The van der Waals surface area contributed by atoms with Crippen LogP contribution in [-0.2, 0) is 20.7 Å². The van der Waals surface area contributed by atoms with Crippen molar-refractivity contribution < 1.29 is 14.3 Å². The fourth-order valence-corrected chi connectivity index (χ4v) is 1.97. The van der Waals surface area contributed by atoms with Crippen LogP contribution in [0, 0.1) is 6.92 Å². The highest BCUT2D eigenvalue weighted by atomic mass is 35.5. The van der Waals surface area contributed by atoms with E-state index in [1.807, 2.05) is 13.0 Å². The van der Waals surface area contributed by atoms with Crippen LogP contribution in [0.15, 0.2) is 18.2 Å². The van der Waals surface area contributed by atoms with E-state index in [-0.39, 0.29) is 18.2 Å². The first-order valence-corrected chi connectivity index (χ1v) is 6.29. The predicted octanol–water partition coefficient (Wildman–Crippen LogP) is 2.97. The molecule has 0 spiro atoms. The molecule has 0 radical (unpaired) electrons. The number of rotatable bonds is 5. The average molecular weight is 269 g/mol. The van der Waals surface area contributed by atoms with Gasteiger partial charge < -0.3 is 4.74 Å². The molecule has 0 bridgehead atoms. The van der Waals surface area contributed by atoms with E-state index in [4.69, 9.17) is 16.3 Å². The van der Waals surface area contributed by atoms with E-state index in [1.165, 1.54) is 6.92 Å². The van der Waals surface area contributed by atoms with Crippen molar-refractivity contribution in [3.63, 3.8) is 0 Å². The molecule has 0 aliphatic carbocycles. The van der Waals surface area contributed by atoms with Gasteiger partial charge in [0.1, 0.15) is 5.38 Å². The van der Waals surface area contributed by atoms with Crippen molar-refractivity contribution in [3.05, 3.63) is 34.9 Å². The summed E-state index contributed by atoms with van der Waals surface area (Å²) in [6.45, 7) is 5.49. The van der Waals surface area contributed by atoms with E-state index >= 15 is 0 Å². The standard InChI is InChI=1S/C14H17ClO3/c1-4-18-13(17)8-11-5-6-12(9(2)7-11)14(15)10(3)16/h5-7,14H,4,8H2,1-3H3. The maximum absolute atomic E-state index is 11.3. The van der Waals surface area contributed by atoms with Crippen LogP contribution in [0.5, 0.6) is 0 Å². The van der Waals surface area contributed by atoms with Gasteiger partial charge in [0.05, 0.1) is 13.0 Å². The molecule has 18 heavy (non-hydrogen) atoms. The quantitative estimate of drug-likeness (QED) is 0.609. The summed E-state index contributed by atoms with van der Waals surface area (Å²) in [5, 5.41) is -0.623. The Morgan fingerprint density at radius 1 is 1.39 bits per heavy atom. The molecule has 1 aromatic carbocycles. The molecule has 1 aromatic rings. The smallest absolute Gasteiger partial charge is 0.310 e. The van der Waals surface area contributed by atoms with Crippen LogP contribution < -0.4 is 0 Å². The van der Waals surface area contributed by atoms with Gasteiger partial charge in [0, 0.05) is 0 Å².